The van der Waals surface area contributed by atoms with Gasteiger partial charge in [0.2, 0.25) is 0 Å². The first-order valence-electron chi connectivity index (χ1n) is 4.24. The zero-order valence-electron chi connectivity index (χ0n) is 7.66. The van der Waals surface area contributed by atoms with Gasteiger partial charge in [-0.3, -0.25) is 0 Å². The first-order valence-corrected chi connectivity index (χ1v) is 4.24. The molecule has 0 aromatic heterocycles. The van der Waals surface area contributed by atoms with Crippen molar-refractivity contribution in [3.05, 3.63) is 36.8 Å². The fourth-order valence-corrected chi connectivity index (χ4v) is 0.933. The Morgan fingerprint density at radius 2 is 2.08 bits per heavy atom. The molecule has 0 amide bonds. The maximum atomic E-state index is 8.65. The van der Waals surface area contributed by atoms with E-state index in [1.807, 2.05) is 31.2 Å². The minimum Gasteiger partial charge on any atom is -0.476 e. The van der Waals surface area contributed by atoms with Crippen molar-refractivity contribution in [1.82, 2.24) is 0 Å². The van der Waals surface area contributed by atoms with Crippen LogP contribution in [0, 0.1) is 18.3 Å². The second kappa shape index (κ2) is 4.51. The molecule has 1 atom stereocenters. The van der Waals surface area contributed by atoms with Crippen LogP contribution in [0.25, 0.3) is 0 Å². The molecule has 13 heavy (non-hydrogen) atoms. The predicted molar refractivity (Wildman–Crippen MR) is 51.2 cm³/mol. The molecule has 1 rings (SSSR count). The van der Waals surface area contributed by atoms with Crippen molar-refractivity contribution >= 4 is 0 Å². The van der Waals surface area contributed by atoms with Crippen LogP contribution in [0.3, 0.4) is 0 Å². The average molecular weight is 174 g/mol. The molecular weight excluding hydrogens is 162 g/mol. The zero-order chi connectivity index (χ0) is 9.68. The van der Waals surface area contributed by atoms with Gasteiger partial charge >= 0.3 is 0 Å². The Morgan fingerprint density at radius 3 is 2.54 bits per heavy atom. The Morgan fingerprint density at radius 1 is 1.46 bits per heavy atom. The second-order valence-corrected chi connectivity index (χ2v) is 2.79. The summed E-state index contributed by atoms with van der Waals surface area (Å²) in [6.07, 6.45) is 0.346. The Hall–Kier alpha value is -1.49. The molecule has 1 unspecified atom stereocenters. The molecule has 0 aliphatic heterocycles. The van der Waals surface area contributed by atoms with E-state index in [1.165, 1.54) is 0 Å². The van der Waals surface area contributed by atoms with Crippen molar-refractivity contribution in [2.75, 3.05) is 0 Å². The van der Waals surface area contributed by atoms with Crippen LogP contribution in [0.5, 0.6) is 5.75 Å². The maximum absolute atomic E-state index is 8.65. The molecule has 1 aromatic carbocycles. The number of nitrogens with zero attached hydrogens (tertiary/aromatic N) is 1. The van der Waals surface area contributed by atoms with Crippen LogP contribution in [0.4, 0.5) is 0 Å². The molecule has 1 radical (unpaired) electrons. The lowest BCUT2D eigenvalue weighted by atomic mass is 10.2. The van der Waals surface area contributed by atoms with Gasteiger partial charge in [-0.15, -0.1) is 0 Å². The summed E-state index contributed by atoms with van der Waals surface area (Å²) >= 11 is 0. The molecule has 0 saturated heterocycles. The minimum atomic E-state index is -0.351. The first kappa shape index (κ1) is 9.60. The summed E-state index contributed by atoms with van der Waals surface area (Å²) in [6, 6.07) is 9.44. The highest BCUT2D eigenvalue weighted by atomic mass is 16.5. The Kier molecular flexibility index (Phi) is 3.33. The molecule has 0 aliphatic carbocycles. The van der Waals surface area contributed by atoms with Crippen LogP contribution >= 0.6 is 0 Å². The molecule has 1 aromatic rings. The summed E-state index contributed by atoms with van der Waals surface area (Å²) in [5.74, 6) is 0.723. The fourth-order valence-electron chi connectivity index (χ4n) is 0.933. The van der Waals surface area contributed by atoms with Gasteiger partial charge in [0.05, 0.1) is 0 Å². The molecule has 0 saturated carbocycles. The molecular formula is C11H12NO. The van der Waals surface area contributed by atoms with Crippen LogP contribution < -0.4 is 4.74 Å². The monoisotopic (exact) mass is 174 g/mol. The SMILES string of the molecule is [CH2]c1ccc(OC(C#N)CC)cc1. The highest BCUT2D eigenvalue weighted by molar-refractivity contribution is 5.29. The van der Waals surface area contributed by atoms with Gasteiger partial charge in [-0.1, -0.05) is 19.1 Å². The lowest BCUT2D eigenvalue weighted by Gasteiger charge is -2.09. The second-order valence-electron chi connectivity index (χ2n) is 2.79. The van der Waals surface area contributed by atoms with Crippen molar-refractivity contribution in [2.24, 2.45) is 0 Å². The molecule has 2 heteroatoms. The van der Waals surface area contributed by atoms with Crippen molar-refractivity contribution in [2.45, 2.75) is 19.4 Å². The lowest BCUT2D eigenvalue weighted by molar-refractivity contribution is 0.252. The van der Waals surface area contributed by atoms with Crippen LogP contribution in [-0.4, -0.2) is 6.10 Å². The number of nitriles is 1. The minimum absolute atomic E-state index is 0.351. The number of ether oxygens (including phenoxy) is 1. The average Bonchev–Trinajstić information content (AvgIpc) is 2.17. The molecule has 0 fully saturated rings. The molecule has 0 aliphatic rings. The molecule has 0 heterocycles. The first-order chi connectivity index (χ1) is 6.26. The van der Waals surface area contributed by atoms with Gasteiger partial charge in [-0.2, -0.15) is 5.26 Å². The van der Waals surface area contributed by atoms with E-state index in [4.69, 9.17) is 10.00 Å². The van der Waals surface area contributed by atoms with E-state index < -0.39 is 0 Å². The normalized spacial score (nSPS) is 11.8. The summed E-state index contributed by atoms with van der Waals surface area (Å²) in [6.45, 7) is 5.68. The van der Waals surface area contributed by atoms with Gasteiger partial charge in [0, 0.05) is 0 Å². The molecule has 2 nitrogen and oxygen atoms in total. The molecule has 0 bridgehead atoms. The lowest BCUT2D eigenvalue weighted by Crippen LogP contribution is -2.11. The van der Waals surface area contributed by atoms with E-state index >= 15 is 0 Å². The van der Waals surface area contributed by atoms with Gasteiger partial charge in [-0.05, 0) is 31.0 Å². The van der Waals surface area contributed by atoms with Crippen molar-refractivity contribution in [3.63, 3.8) is 0 Å². The van der Waals surface area contributed by atoms with Crippen LogP contribution in [-0.2, 0) is 0 Å². The van der Waals surface area contributed by atoms with E-state index in [0.29, 0.717) is 6.42 Å². The highest BCUT2D eigenvalue weighted by Gasteiger charge is 2.04. The van der Waals surface area contributed by atoms with E-state index in [0.717, 1.165) is 11.3 Å². The van der Waals surface area contributed by atoms with E-state index in [2.05, 4.69) is 13.0 Å². The van der Waals surface area contributed by atoms with Gasteiger partial charge in [0.1, 0.15) is 11.8 Å². The number of benzene rings is 1. The largest absolute Gasteiger partial charge is 0.476 e. The Balaban J connectivity index is 2.64. The Labute approximate surface area is 78.8 Å². The smallest absolute Gasteiger partial charge is 0.184 e. The number of rotatable bonds is 3. The quantitative estimate of drug-likeness (QED) is 0.705. The molecule has 67 valence electrons. The standard InChI is InChI=1S/C11H12NO/c1-3-10(8-12)13-11-6-4-9(2)5-7-11/h4-7,10H,2-3H2,1H3. The maximum Gasteiger partial charge on any atom is 0.184 e. The van der Waals surface area contributed by atoms with Gasteiger partial charge < -0.3 is 4.74 Å². The predicted octanol–water partition coefficient (Wildman–Crippen LogP) is 2.55. The third kappa shape index (κ3) is 2.79. The van der Waals surface area contributed by atoms with Gasteiger partial charge in [0.25, 0.3) is 0 Å². The third-order valence-corrected chi connectivity index (χ3v) is 1.72. The number of hydrogen-bond donors (Lipinski definition) is 0. The van der Waals surface area contributed by atoms with Crippen LogP contribution in [0.2, 0.25) is 0 Å². The molecule has 0 spiro atoms. The van der Waals surface area contributed by atoms with E-state index in [1.54, 1.807) is 0 Å². The van der Waals surface area contributed by atoms with E-state index in [-0.39, 0.29) is 6.10 Å². The summed E-state index contributed by atoms with van der Waals surface area (Å²) in [5.41, 5.74) is 0.942. The van der Waals surface area contributed by atoms with Crippen molar-refractivity contribution in [3.8, 4) is 11.8 Å². The van der Waals surface area contributed by atoms with Gasteiger partial charge in [-0.25, -0.2) is 0 Å². The third-order valence-electron chi connectivity index (χ3n) is 1.72. The summed E-state index contributed by atoms with van der Waals surface area (Å²) in [7, 11) is 0. The topological polar surface area (TPSA) is 33.0 Å². The summed E-state index contributed by atoms with van der Waals surface area (Å²) in [4.78, 5) is 0. The zero-order valence-corrected chi connectivity index (χ0v) is 7.66. The summed E-state index contributed by atoms with van der Waals surface area (Å²) in [5, 5.41) is 8.65. The Bertz CT molecular complexity index is 297. The number of hydrogen-bond acceptors (Lipinski definition) is 2. The van der Waals surface area contributed by atoms with Gasteiger partial charge in [0.15, 0.2) is 6.10 Å². The van der Waals surface area contributed by atoms with Crippen molar-refractivity contribution in [1.29, 1.82) is 5.26 Å². The van der Waals surface area contributed by atoms with E-state index in [9.17, 15) is 0 Å². The summed E-state index contributed by atoms with van der Waals surface area (Å²) < 4.78 is 5.38. The highest BCUT2D eigenvalue weighted by Crippen LogP contribution is 2.13. The van der Waals surface area contributed by atoms with Crippen LogP contribution in [0.15, 0.2) is 24.3 Å². The van der Waals surface area contributed by atoms with Crippen molar-refractivity contribution < 1.29 is 4.74 Å². The molecule has 0 N–H and O–H groups in total. The van der Waals surface area contributed by atoms with Crippen LogP contribution in [0.1, 0.15) is 18.9 Å². The fraction of sp³-hybridized carbons (Fsp3) is 0.273.